The number of hydrogen-bond donors (Lipinski definition) is 4. The van der Waals surface area contributed by atoms with Crippen LogP contribution in [-0.2, 0) is 9.47 Å². The fourth-order valence-corrected chi connectivity index (χ4v) is 2.72. The number of ether oxygens (including phenoxy) is 2. The summed E-state index contributed by atoms with van der Waals surface area (Å²) in [6.45, 7) is 2.19. The summed E-state index contributed by atoms with van der Waals surface area (Å²) < 4.78 is 10.4. The van der Waals surface area contributed by atoms with E-state index in [1.54, 1.807) is 0 Å². The van der Waals surface area contributed by atoms with Gasteiger partial charge in [0.2, 0.25) is 0 Å². The number of unbranched alkanes of at least 4 members (excludes halogenated alkanes) is 7. The maximum atomic E-state index is 9.96. The molecule has 0 amide bonds. The first-order valence-electron chi connectivity index (χ1n) is 8.54. The molecule has 0 aromatic heterocycles. The van der Waals surface area contributed by atoms with Crippen molar-refractivity contribution in [1.82, 2.24) is 0 Å². The summed E-state index contributed by atoms with van der Waals surface area (Å²) in [6, 6.07) is 0. The summed E-state index contributed by atoms with van der Waals surface area (Å²) >= 11 is 0. The van der Waals surface area contributed by atoms with Crippen molar-refractivity contribution in [2.24, 2.45) is 0 Å². The molecule has 0 bridgehead atoms. The lowest BCUT2D eigenvalue weighted by atomic mass is 9.99. The van der Waals surface area contributed by atoms with Gasteiger partial charge in [-0.25, -0.2) is 0 Å². The van der Waals surface area contributed by atoms with Gasteiger partial charge >= 0.3 is 0 Å². The van der Waals surface area contributed by atoms with Crippen LogP contribution in [0.25, 0.3) is 0 Å². The van der Waals surface area contributed by atoms with Gasteiger partial charge in [0.25, 0.3) is 0 Å². The van der Waals surface area contributed by atoms with Crippen LogP contribution in [0, 0.1) is 0 Å². The highest BCUT2D eigenvalue weighted by molar-refractivity contribution is 4.89. The highest BCUT2D eigenvalue weighted by Gasteiger charge is 2.44. The van der Waals surface area contributed by atoms with Gasteiger partial charge < -0.3 is 29.9 Å². The Hall–Kier alpha value is -0.240. The van der Waals surface area contributed by atoms with Crippen LogP contribution < -0.4 is 0 Å². The van der Waals surface area contributed by atoms with Gasteiger partial charge in [-0.15, -0.1) is 0 Å². The Balaban J connectivity index is 2.14. The number of aliphatic hydroxyl groups excluding tert-OH is 4. The number of hydrogen-bond acceptors (Lipinski definition) is 6. The van der Waals surface area contributed by atoms with Crippen LogP contribution in [0.3, 0.4) is 0 Å². The molecule has 1 aliphatic heterocycles. The highest BCUT2D eigenvalue weighted by Crippen LogP contribution is 2.22. The van der Waals surface area contributed by atoms with Crippen LogP contribution in [-0.4, -0.2) is 64.3 Å². The first kappa shape index (κ1) is 19.8. The smallest absolute Gasteiger partial charge is 0.184 e. The molecular formula is C16H32O6. The first-order chi connectivity index (χ1) is 10.6. The van der Waals surface area contributed by atoms with Crippen LogP contribution in [0.2, 0.25) is 0 Å². The maximum absolute atomic E-state index is 9.96. The summed E-state index contributed by atoms with van der Waals surface area (Å²) in [5.41, 5.74) is 0. The topological polar surface area (TPSA) is 99.4 Å². The Morgan fingerprint density at radius 1 is 0.864 bits per heavy atom. The lowest BCUT2D eigenvalue weighted by Crippen LogP contribution is -2.59. The molecule has 5 unspecified atom stereocenters. The molecule has 1 fully saturated rings. The third-order valence-corrected chi connectivity index (χ3v) is 4.15. The third kappa shape index (κ3) is 6.48. The van der Waals surface area contributed by atoms with E-state index in [9.17, 15) is 15.3 Å². The average molecular weight is 320 g/mol. The van der Waals surface area contributed by atoms with E-state index in [0.717, 1.165) is 19.3 Å². The summed E-state index contributed by atoms with van der Waals surface area (Å²) in [5, 5.41) is 38.4. The van der Waals surface area contributed by atoms with Crippen LogP contribution >= 0.6 is 0 Å². The molecule has 5 atom stereocenters. The normalized spacial score (nSPS) is 32.3. The second kappa shape index (κ2) is 11.3. The van der Waals surface area contributed by atoms with Crippen molar-refractivity contribution in [2.75, 3.05) is 13.2 Å². The molecule has 0 spiro atoms. The van der Waals surface area contributed by atoms with Crippen molar-refractivity contribution in [3.05, 3.63) is 0 Å². The Morgan fingerprint density at radius 2 is 1.45 bits per heavy atom. The zero-order chi connectivity index (χ0) is 16.4. The molecule has 6 nitrogen and oxygen atoms in total. The highest BCUT2D eigenvalue weighted by atomic mass is 16.6. The van der Waals surface area contributed by atoms with Gasteiger partial charge in [0.15, 0.2) is 6.29 Å². The second-order valence-corrected chi connectivity index (χ2v) is 6.04. The Bertz CT molecular complexity index is 275. The molecule has 1 heterocycles. The predicted octanol–water partition coefficient (Wildman–Crippen LogP) is 0.944. The third-order valence-electron chi connectivity index (χ3n) is 4.15. The molecule has 0 aromatic rings. The van der Waals surface area contributed by atoms with Gasteiger partial charge in [0.05, 0.1) is 6.61 Å². The molecule has 22 heavy (non-hydrogen) atoms. The summed E-state index contributed by atoms with van der Waals surface area (Å²) in [5.74, 6) is 0. The summed E-state index contributed by atoms with van der Waals surface area (Å²) in [6.07, 6.45) is 3.69. The SMILES string of the molecule is CCCCCCCCCCOC1C(O)C(O)OC(CO)C1O. The fraction of sp³-hybridized carbons (Fsp3) is 1.00. The van der Waals surface area contributed by atoms with E-state index in [4.69, 9.17) is 14.6 Å². The lowest BCUT2D eigenvalue weighted by molar-refractivity contribution is -0.294. The molecule has 1 saturated heterocycles. The zero-order valence-electron chi connectivity index (χ0n) is 13.6. The minimum atomic E-state index is -1.44. The molecule has 0 aliphatic carbocycles. The molecule has 132 valence electrons. The first-order valence-corrected chi connectivity index (χ1v) is 8.54. The van der Waals surface area contributed by atoms with Gasteiger partial charge in [-0.3, -0.25) is 0 Å². The van der Waals surface area contributed by atoms with Crippen molar-refractivity contribution in [2.45, 2.75) is 89.0 Å². The van der Waals surface area contributed by atoms with Gasteiger partial charge in [-0.2, -0.15) is 0 Å². The van der Waals surface area contributed by atoms with Gasteiger partial charge in [0, 0.05) is 6.61 Å². The monoisotopic (exact) mass is 320 g/mol. The minimum absolute atomic E-state index is 0.415. The largest absolute Gasteiger partial charge is 0.394 e. The van der Waals surface area contributed by atoms with Crippen molar-refractivity contribution in [1.29, 1.82) is 0 Å². The lowest BCUT2D eigenvalue weighted by Gasteiger charge is -2.39. The van der Waals surface area contributed by atoms with E-state index in [2.05, 4.69) is 6.92 Å². The van der Waals surface area contributed by atoms with E-state index in [1.807, 2.05) is 0 Å². The van der Waals surface area contributed by atoms with Gasteiger partial charge in [-0.05, 0) is 6.42 Å². The Labute approximate surface area is 133 Å². The van der Waals surface area contributed by atoms with Crippen molar-refractivity contribution in [3.63, 3.8) is 0 Å². The van der Waals surface area contributed by atoms with Crippen LogP contribution in [0.15, 0.2) is 0 Å². The van der Waals surface area contributed by atoms with Crippen LogP contribution in [0.4, 0.5) is 0 Å². The molecular weight excluding hydrogens is 288 g/mol. The van der Waals surface area contributed by atoms with Crippen molar-refractivity contribution < 1.29 is 29.9 Å². The second-order valence-electron chi connectivity index (χ2n) is 6.04. The van der Waals surface area contributed by atoms with Crippen LogP contribution in [0.1, 0.15) is 58.3 Å². The average Bonchev–Trinajstić information content (AvgIpc) is 2.52. The fourth-order valence-electron chi connectivity index (χ4n) is 2.72. The van der Waals surface area contributed by atoms with Crippen molar-refractivity contribution >= 4 is 0 Å². The predicted molar refractivity (Wildman–Crippen MR) is 82.3 cm³/mol. The van der Waals surface area contributed by atoms with Crippen LogP contribution in [0.5, 0.6) is 0 Å². The Morgan fingerprint density at radius 3 is 2.05 bits per heavy atom. The quantitative estimate of drug-likeness (QED) is 0.423. The zero-order valence-corrected chi connectivity index (χ0v) is 13.6. The van der Waals surface area contributed by atoms with E-state index < -0.39 is 37.3 Å². The minimum Gasteiger partial charge on any atom is -0.394 e. The molecule has 1 aliphatic rings. The molecule has 4 N–H and O–H groups in total. The molecule has 6 heteroatoms. The van der Waals surface area contributed by atoms with Gasteiger partial charge in [0.1, 0.15) is 24.4 Å². The maximum Gasteiger partial charge on any atom is 0.184 e. The van der Waals surface area contributed by atoms with E-state index in [0.29, 0.717) is 6.61 Å². The number of rotatable bonds is 11. The van der Waals surface area contributed by atoms with Gasteiger partial charge in [-0.1, -0.05) is 51.9 Å². The number of aliphatic hydroxyl groups is 4. The van der Waals surface area contributed by atoms with Crippen molar-refractivity contribution in [3.8, 4) is 0 Å². The molecule has 0 saturated carbocycles. The molecule has 1 rings (SSSR count). The summed E-state index contributed by atoms with van der Waals surface area (Å²) in [7, 11) is 0. The standard InChI is InChI=1S/C16H32O6/c1-2-3-4-5-6-7-8-9-10-21-15-13(18)12(11-17)22-16(20)14(15)19/h12-20H,2-11H2,1H3. The summed E-state index contributed by atoms with van der Waals surface area (Å²) in [4.78, 5) is 0. The van der Waals surface area contributed by atoms with E-state index in [1.165, 1.54) is 32.1 Å². The van der Waals surface area contributed by atoms with E-state index in [-0.39, 0.29) is 0 Å². The Kier molecular flexibility index (Phi) is 10.2. The molecule has 0 radical (unpaired) electrons. The molecule has 0 aromatic carbocycles. The van der Waals surface area contributed by atoms with E-state index >= 15 is 0 Å².